The molecule has 1 heterocycles. The lowest BCUT2D eigenvalue weighted by Gasteiger charge is -2.10. The van der Waals surface area contributed by atoms with Crippen LogP contribution in [-0.4, -0.2) is 5.91 Å². The molecule has 0 aliphatic carbocycles. The molecule has 5 heteroatoms. The molecule has 2 N–H and O–H groups in total. The first kappa shape index (κ1) is 13.9. The van der Waals surface area contributed by atoms with Gasteiger partial charge in [0.1, 0.15) is 0 Å². The molecule has 19 heavy (non-hydrogen) atoms. The SMILES string of the molecule is CC(=O)Nc1ccc(NCc2ccc(Cl)s2)cc1C. The van der Waals surface area contributed by atoms with Gasteiger partial charge in [0.2, 0.25) is 5.91 Å². The molecule has 0 bridgehead atoms. The summed E-state index contributed by atoms with van der Waals surface area (Å²) in [5, 5.41) is 6.13. The Balaban J connectivity index is 2.01. The van der Waals surface area contributed by atoms with Crippen molar-refractivity contribution in [2.45, 2.75) is 20.4 Å². The minimum Gasteiger partial charge on any atom is -0.380 e. The lowest BCUT2D eigenvalue weighted by atomic mass is 10.1. The Bertz CT molecular complexity index is 595. The van der Waals surface area contributed by atoms with Gasteiger partial charge in [-0.1, -0.05) is 11.6 Å². The van der Waals surface area contributed by atoms with Gasteiger partial charge < -0.3 is 10.6 Å². The summed E-state index contributed by atoms with van der Waals surface area (Å²) in [5.74, 6) is -0.0583. The highest BCUT2D eigenvalue weighted by atomic mass is 35.5. The summed E-state index contributed by atoms with van der Waals surface area (Å²) < 4.78 is 0.800. The average Bonchev–Trinajstić information content (AvgIpc) is 2.75. The van der Waals surface area contributed by atoms with Crippen LogP contribution in [0.25, 0.3) is 0 Å². The minimum atomic E-state index is -0.0583. The number of halogens is 1. The second-order valence-electron chi connectivity index (χ2n) is 4.27. The zero-order chi connectivity index (χ0) is 13.8. The van der Waals surface area contributed by atoms with Crippen LogP contribution in [0.15, 0.2) is 30.3 Å². The summed E-state index contributed by atoms with van der Waals surface area (Å²) in [5.41, 5.74) is 2.90. The van der Waals surface area contributed by atoms with Crippen LogP contribution in [0.5, 0.6) is 0 Å². The molecule has 0 aliphatic heterocycles. The maximum atomic E-state index is 11.0. The van der Waals surface area contributed by atoms with Crippen molar-refractivity contribution in [3.05, 3.63) is 45.1 Å². The molecule has 0 aliphatic rings. The van der Waals surface area contributed by atoms with Gasteiger partial charge in [-0.3, -0.25) is 4.79 Å². The van der Waals surface area contributed by atoms with Gasteiger partial charge >= 0.3 is 0 Å². The molecule has 0 unspecified atom stereocenters. The molecule has 0 fully saturated rings. The first-order chi connectivity index (χ1) is 9.04. The molecular formula is C14H15ClN2OS. The molecule has 0 radical (unpaired) electrons. The Morgan fingerprint density at radius 2 is 2.11 bits per heavy atom. The number of amides is 1. The predicted molar refractivity (Wildman–Crippen MR) is 82.1 cm³/mol. The maximum Gasteiger partial charge on any atom is 0.221 e. The highest BCUT2D eigenvalue weighted by Crippen LogP contribution is 2.24. The maximum absolute atomic E-state index is 11.0. The van der Waals surface area contributed by atoms with Crippen molar-refractivity contribution in [2.24, 2.45) is 0 Å². The number of anilines is 2. The number of carbonyl (C=O) groups is 1. The fraction of sp³-hybridized carbons (Fsp3) is 0.214. The molecule has 1 aromatic carbocycles. The fourth-order valence-electron chi connectivity index (χ4n) is 1.74. The largest absolute Gasteiger partial charge is 0.380 e. The van der Waals surface area contributed by atoms with Crippen LogP contribution in [0, 0.1) is 6.92 Å². The number of nitrogens with one attached hydrogen (secondary N) is 2. The summed E-state index contributed by atoms with van der Waals surface area (Å²) in [7, 11) is 0. The second kappa shape index (κ2) is 6.08. The quantitative estimate of drug-likeness (QED) is 0.883. The standard InChI is InChI=1S/C14H15ClN2OS/c1-9-7-11(3-5-13(9)17-10(2)18)16-8-12-4-6-14(15)19-12/h3-7,16H,8H2,1-2H3,(H,17,18). The van der Waals surface area contributed by atoms with Gasteiger partial charge in [-0.05, 0) is 42.8 Å². The zero-order valence-electron chi connectivity index (χ0n) is 10.8. The fourth-order valence-corrected chi connectivity index (χ4v) is 2.77. The lowest BCUT2D eigenvalue weighted by Crippen LogP contribution is -2.07. The first-order valence-electron chi connectivity index (χ1n) is 5.91. The topological polar surface area (TPSA) is 41.1 Å². The van der Waals surface area contributed by atoms with Gasteiger partial charge in [0.15, 0.2) is 0 Å². The van der Waals surface area contributed by atoms with E-state index < -0.39 is 0 Å². The summed E-state index contributed by atoms with van der Waals surface area (Å²) >= 11 is 7.46. The predicted octanol–water partition coefficient (Wildman–Crippen LogP) is 4.28. The van der Waals surface area contributed by atoms with E-state index in [1.165, 1.54) is 11.8 Å². The van der Waals surface area contributed by atoms with Crippen molar-refractivity contribution in [3.8, 4) is 0 Å². The van der Waals surface area contributed by atoms with Crippen molar-refractivity contribution in [1.29, 1.82) is 0 Å². The molecule has 0 spiro atoms. The van der Waals surface area contributed by atoms with Crippen molar-refractivity contribution >= 4 is 40.2 Å². The van der Waals surface area contributed by atoms with Crippen LogP contribution in [0.2, 0.25) is 4.34 Å². The third kappa shape index (κ3) is 3.98. The third-order valence-corrected chi connectivity index (χ3v) is 3.86. The Kier molecular flexibility index (Phi) is 4.45. The van der Waals surface area contributed by atoms with E-state index in [0.29, 0.717) is 0 Å². The van der Waals surface area contributed by atoms with Gasteiger partial charge in [0.25, 0.3) is 0 Å². The summed E-state index contributed by atoms with van der Waals surface area (Å²) in [4.78, 5) is 12.2. The van der Waals surface area contributed by atoms with Gasteiger partial charge in [-0.15, -0.1) is 11.3 Å². The molecule has 2 rings (SSSR count). The molecule has 1 amide bonds. The third-order valence-electron chi connectivity index (χ3n) is 2.63. The first-order valence-corrected chi connectivity index (χ1v) is 7.10. The Hall–Kier alpha value is -1.52. The van der Waals surface area contributed by atoms with E-state index in [9.17, 15) is 4.79 Å². The molecule has 0 saturated heterocycles. The van der Waals surface area contributed by atoms with Crippen LogP contribution in [-0.2, 0) is 11.3 Å². The Morgan fingerprint density at radius 3 is 2.68 bits per heavy atom. The summed E-state index contributed by atoms with van der Waals surface area (Å²) in [6.45, 7) is 4.22. The second-order valence-corrected chi connectivity index (χ2v) is 6.07. The number of thiophene rings is 1. The van der Waals surface area contributed by atoms with E-state index >= 15 is 0 Å². The average molecular weight is 295 g/mol. The summed E-state index contributed by atoms with van der Waals surface area (Å²) in [6, 6.07) is 9.78. The lowest BCUT2D eigenvalue weighted by molar-refractivity contribution is -0.114. The van der Waals surface area contributed by atoms with Gasteiger partial charge in [-0.2, -0.15) is 0 Å². The number of benzene rings is 1. The van der Waals surface area contributed by atoms with E-state index in [-0.39, 0.29) is 5.91 Å². The van der Waals surface area contributed by atoms with Gasteiger partial charge in [-0.25, -0.2) is 0 Å². The Morgan fingerprint density at radius 1 is 1.32 bits per heavy atom. The molecule has 3 nitrogen and oxygen atoms in total. The van der Waals surface area contributed by atoms with Crippen molar-refractivity contribution in [2.75, 3.05) is 10.6 Å². The normalized spacial score (nSPS) is 10.3. The molecule has 2 aromatic rings. The minimum absolute atomic E-state index is 0.0583. The number of hydrogen-bond acceptors (Lipinski definition) is 3. The van der Waals surface area contributed by atoms with E-state index in [4.69, 9.17) is 11.6 Å². The number of hydrogen-bond donors (Lipinski definition) is 2. The highest BCUT2D eigenvalue weighted by molar-refractivity contribution is 7.16. The monoisotopic (exact) mass is 294 g/mol. The number of carbonyl (C=O) groups excluding carboxylic acids is 1. The molecule has 1 aromatic heterocycles. The van der Waals surface area contributed by atoms with Gasteiger partial charge in [0.05, 0.1) is 4.34 Å². The van der Waals surface area contributed by atoms with E-state index in [0.717, 1.165) is 27.8 Å². The smallest absolute Gasteiger partial charge is 0.221 e. The van der Waals surface area contributed by atoms with Crippen molar-refractivity contribution in [3.63, 3.8) is 0 Å². The van der Waals surface area contributed by atoms with Crippen LogP contribution >= 0.6 is 22.9 Å². The molecule has 0 atom stereocenters. The van der Waals surface area contributed by atoms with Crippen LogP contribution < -0.4 is 10.6 Å². The highest BCUT2D eigenvalue weighted by Gasteiger charge is 2.02. The van der Waals surface area contributed by atoms with E-state index in [1.54, 1.807) is 11.3 Å². The number of aryl methyl sites for hydroxylation is 1. The van der Waals surface area contributed by atoms with E-state index in [2.05, 4.69) is 10.6 Å². The summed E-state index contributed by atoms with van der Waals surface area (Å²) in [6.07, 6.45) is 0. The van der Waals surface area contributed by atoms with Crippen LogP contribution in [0.3, 0.4) is 0 Å². The molecule has 100 valence electrons. The van der Waals surface area contributed by atoms with Gasteiger partial charge in [0, 0.05) is 29.7 Å². The molecule has 0 saturated carbocycles. The Labute approximate surface area is 121 Å². The molecular weight excluding hydrogens is 280 g/mol. The van der Waals surface area contributed by atoms with Crippen molar-refractivity contribution in [1.82, 2.24) is 0 Å². The zero-order valence-corrected chi connectivity index (χ0v) is 12.4. The van der Waals surface area contributed by atoms with E-state index in [1.807, 2.05) is 37.3 Å². The van der Waals surface area contributed by atoms with Crippen molar-refractivity contribution < 1.29 is 4.79 Å². The number of rotatable bonds is 4. The van der Waals surface area contributed by atoms with Crippen LogP contribution in [0.4, 0.5) is 11.4 Å². The van der Waals surface area contributed by atoms with Crippen LogP contribution in [0.1, 0.15) is 17.4 Å².